The van der Waals surface area contributed by atoms with Gasteiger partial charge in [0.2, 0.25) is 0 Å². The molecule has 0 spiro atoms. The molecule has 1 aliphatic carbocycles. The third kappa shape index (κ3) is 2.19. The Labute approximate surface area is 113 Å². The molecule has 0 aliphatic heterocycles. The number of nitrogens with one attached hydrogen (secondary N) is 1. The van der Waals surface area contributed by atoms with Crippen LogP contribution in [0.4, 0.5) is 5.82 Å². The zero-order valence-electron chi connectivity index (χ0n) is 11.1. The monoisotopic (exact) mass is 254 g/mol. The molecule has 1 atom stereocenters. The summed E-state index contributed by atoms with van der Waals surface area (Å²) in [6.45, 7) is 2.15. The Morgan fingerprint density at radius 3 is 2.89 bits per heavy atom. The molecule has 3 N–H and O–H groups in total. The van der Waals surface area contributed by atoms with Crippen LogP contribution in [0.15, 0.2) is 30.3 Å². The largest absolute Gasteiger partial charge is 0.308 e. The van der Waals surface area contributed by atoms with Gasteiger partial charge in [0.1, 0.15) is 11.6 Å². The third-order valence-electron chi connectivity index (χ3n) is 3.62. The summed E-state index contributed by atoms with van der Waals surface area (Å²) < 4.78 is 0. The zero-order chi connectivity index (χ0) is 13.2. The average Bonchev–Trinajstić information content (AvgIpc) is 2.40. The minimum absolute atomic E-state index is 0.320. The molecule has 2 aromatic rings. The molecular formula is C15H18N4. The number of hydrazine groups is 1. The number of aryl methyl sites for hydroxylation is 1. The summed E-state index contributed by atoms with van der Waals surface area (Å²) in [4.78, 5) is 9.19. The Hall–Kier alpha value is -1.94. The first kappa shape index (κ1) is 12.1. The summed E-state index contributed by atoms with van der Waals surface area (Å²) in [6, 6.07) is 10.4. The van der Waals surface area contributed by atoms with E-state index < -0.39 is 0 Å². The maximum atomic E-state index is 5.50. The predicted molar refractivity (Wildman–Crippen MR) is 75.8 cm³/mol. The van der Waals surface area contributed by atoms with E-state index in [0.717, 1.165) is 30.8 Å². The first-order valence-electron chi connectivity index (χ1n) is 6.74. The minimum atomic E-state index is 0.320. The van der Waals surface area contributed by atoms with Gasteiger partial charge in [-0.1, -0.05) is 37.6 Å². The molecule has 98 valence electrons. The van der Waals surface area contributed by atoms with E-state index in [1.165, 1.54) is 11.1 Å². The van der Waals surface area contributed by atoms with Crippen molar-refractivity contribution >= 4 is 5.82 Å². The second kappa shape index (κ2) is 4.97. The van der Waals surface area contributed by atoms with Crippen molar-refractivity contribution in [3.63, 3.8) is 0 Å². The van der Waals surface area contributed by atoms with E-state index in [4.69, 9.17) is 5.84 Å². The molecule has 3 rings (SSSR count). The van der Waals surface area contributed by atoms with Gasteiger partial charge in [0.15, 0.2) is 0 Å². The lowest BCUT2D eigenvalue weighted by atomic mass is 9.77. The van der Waals surface area contributed by atoms with Crippen molar-refractivity contribution in [3.05, 3.63) is 53.0 Å². The van der Waals surface area contributed by atoms with Crippen LogP contribution in [0.25, 0.3) is 0 Å². The van der Waals surface area contributed by atoms with Gasteiger partial charge in [-0.15, -0.1) is 0 Å². The Balaban J connectivity index is 1.95. The number of aromatic nitrogens is 2. The number of nitrogen functional groups attached to an aromatic ring is 1. The standard InChI is InChI=1S/C15H18N4/c1-2-5-11-9-14(19-16)18-15(17-11)13-8-10-6-3-4-7-12(10)13/h3-4,6-7,9,13H,2,5,8,16H2,1H3,(H,17,18,19). The molecule has 1 aromatic carbocycles. The number of benzene rings is 1. The fraction of sp³-hybridized carbons (Fsp3) is 0.333. The summed E-state index contributed by atoms with van der Waals surface area (Å²) in [5, 5.41) is 0. The number of anilines is 1. The van der Waals surface area contributed by atoms with Gasteiger partial charge in [0.25, 0.3) is 0 Å². The first-order chi connectivity index (χ1) is 9.31. The fourth-order valence-corrected chi connectivity index (χ4v) is 2.62. The molecular weight excluding hydrogens is 236 g/mol. The van der Waals surface area contributed by atoms with Crippen molar-refractivity contribution in [1.82, 2.24) is 9.97 Å². The summed E-state index contributed by atoms with van der Waals surface area (Å²) in [5.74, 6) is 7.41. The van der Waals surface area contributed by atoms with E-state index in [2.05, 4.69) is 46.6 Å². The van der Waals surface area contributed by atoms with E-state index in [1.54, 1.807) is 0 Å². The lowest BCUT2D eigenvalue weighted by molar-refractivity contribution is 0.652. The molecule has 0 amide bonds. The highest BCUT2D eigenvalue weighted by molar-refractivity contribution is 5.46. The maximum absolute atomic E-state index is 5.50. The lowest BCUT2D eigenvalue weighted by Crippen LogP contribution is -2.22. The topological polar surface area (TPSA) is 63.8 Å². The zero-order valence-corrected chi connectivity index (χ0v) is 11.1. The van der Waals surface area contributed by atoms with Crippen molar-refractivity contribution in [1.29, 1.82) is 0 Å². The van der Waals surface area contributed by atoms with Crippen LogP contribution in [-0.2, 0) is 12.8 Å². The average molecular weight is 254 g/mol. The number of fused-ring (bicyclic) bond motifs is 1. The van der Waals surface area contributed by atoms with E-state index in [1.807, 2.05) is 6.07 Å². The van der Waals surface area contributed by atoms with E-state index in [0.29, 0.717) is 11.7 Å². The molecule has 4 nitrogen and oxygen atoms in total. The molecule has 1 aliphatic rings. The summed E-state index contributed by atoms with van der Waals surface area (Å²) >= 11 is 0. The number of rotatable bonds is 4. The van der Waals surface area contributed by atoms with Gasteiger partial charge in [-0.2, -0.15) is 0 Å². The van der Waals surface area contributed by atoms with Crippen LogP contribution in [-0.4, -0.2) is 9.97 Å². The van der Waals surface area contributed by atoms with E-state index in [-0.39, 0.29) is 0 Å². The molecule has 1 heterocycles. The molecule has 0 fully saturated rings. The second-order valence-electron chi connectivity index (χ2n) is 4.95. The van der Waals surface area contributed by atoms with Crippen molar-refractivity contribution < 1.29 is 0 Å². The molecule has 0 radical (unpaired) electrons. The number of hydrogen-bond acceptors (Lipinski definition) is 4. The van der Waals surface area contributed by atoms with Crippen molar-refractivity contribution in [3.8, 4) is 0 Å². The van der Waals surface area contributed by atoms with Gasteiger partial charge >= 0.3 is 0 Å². The Bertz CT molecular complexity index is 594. The first-order valence-corrected chi connectivity index (χ1v) is 6.74. The minimum Gasteiger partial charge on any atom is -0.308 e. The fourth-order valence-electron chi connectivity index (χ4n) is 2.62. The number of nitrogens with zero attached hydrogens (tertiary/aromatic N) is 2. The number of hydrogen-bond donors (Lipinski definition) is 2. The van der Waals surface area contributed by atoms with Crippen LogP contribution in [0.2, 0.25) is 0 Å². The van der Waals surface area contributed by atoms with Crippen molar-refractivity contribution in [2.75, 3.05) is 5.43 Å². The SMILES string of the molecule is CCCc1cc(NN)nc(C2Cc3ccccc32)n1. The van der Waals surface area contributed by atoms with E-state index >= 15 is 0 Å². The quantitative estimate of drug-likeness (QED) is 0.649. The Kier molecular flexibility index (Phi) is 3.17. The molecule has 0 saturated carbocycles. The second-order valence-corrected chi connectivity index (χ2v) is 4.95. The Morgan fingerprint density at radius 2 is 2.16 bits per heavy atom. The van der Waals surface area contributed by atoms with Gasteiger partial charge in [-0.05, 0) is 24.0 Å². The van der Waals surface area contributed by atoms with Crippen LogP contribution in [0.1, 0.15) is 41.9 Å². The van der Waals surface area contributed by atoms with Crippen LogP contribution in [0.5, 0.6) is 0 Å². The third-order valence-corrected chi connectivity index (χ3v) is 3.62. The van der Waals surface area contributed by atoms with Gasteiger partial charge in [-0.25, -0.2) is 15.8 Å². The van der Waals surface area contributed by atoms with Gasteiger partial charge in [0, 0.05) is 17.7 Å². The van der Waals surface area contributed by atoms with Crippen molar-refractivity contribution in [2.45, 2.75) is 32.1 Å². The molecule has 4 heteroatoms. The summed E-state index contributed by atoms with van der Waals surface area (Å²) in [7, 11) is 0. The molecule has 0 saturated heterocycles. The Morgan fingerprint density at radius 1 is 1.32 bits per heavy atom. The maximum Gasteiger partial charge on any atom is 0.143 e. The highest BCUT2D eigenvalue weighted by Crippen LogP contribution is 2.38. The normalized spacial score (nSPS) is 16.6. The molecule has 0 bridgehead atoms. The van der Waals surface area contributed by atoms with Crippen LogP contribution < -0.4 is 11.3 Å². The molecule has 1 unspecified atom stereocenters. The lowest BCUT2D eigenvalue weighted by Gasteiger charge is -2.29. The molecule has 1 aromatic heterocycles. The van der Waals surface area contributed by atoms with Crippen LogP contribution >= 0.6 is 0 Å². The predicted octanol–water partition coefficient (Wildman–Crippen LogP) is 2.40. The highest BCUT2D eigenvalue weighted by Gasteiger charge is 2.29. The van der Waals surface area contributed by atoms with Gasteiger partial charge in [0.05, 0.1) is 0 Å². The summed E-state index contributed by atoms with van der Waals surface area (Å²) in [6.07, 6.45) is 3.05. The smallest absolute Gasteiger partial charge is 0.143 e. The highest BCUT2D eigenvalue weighted by atomic mass is 15.3. The van der Waals surface area contributed by atoms with Gasteiger partial charge < -0.3 is 5.43 Å². The number of nitrogens with two attached hydrogens (primary N) is 1. The van der Waals surface area contributed by atoms with Gasteiger partial charge in [-0.3, -0.25) is 0 Å². The van der Waals surface area contributed by atoms with Crippen molar-refractivity contribution in [2.24, 2.45) is 5.84 Å². The molecule has 19 heavy (non-hydrogen) atoms. The van der Waals surface area contributed by atoms with Crippen LogP contribution in [0.3, 0.4) is 0 Å². The van der Waals surface area contributed by atoms with E-state index in [9.17, 15) is 0 Å². The summed E-state index contributed by atoms with van der Waals surface area (Å²) in [5.41, 5.74) is 6.45. The van der Waals surface area contributed by atoms with Crippen LogP contribution in [0, 0.1) is 0 Å².